The standard InChI is InChI=1S/C18H27N3O2/c1-3-7-15(2)17(22)20-10-12-21(13-11-20)18(23)19-14-16-8-5-4-6-9-16/h4-6,8-9,15H,3,7,10-14H2,1-2H3,(H,19,23). The van der Waals surface area contributed by atoms with Gasteiger partial charge in [-0.05, 0) is 12.0 Å². The van der Waals surface area contributed by atoms with Gasteiger partial charge in [0.1, 0.15) is 0 Å². The molecular weight excluding hydrogens is 290 g/mol. The molecule has 2 rings (SSSR count). The molecule has 1 aromatic carbocycles. The van der Waals surface area contributed by atoms with E-state index < -0.39 is 0 Å². The Morgan fingerprint density at radius 1 is 1.09 bits per heavy atom. The van der Waals surface area contributed by atoms with Crippen molar-refractivity contribution >= 4 is 11.9 Å². The van der Waals surface area contributed by atoms with Crippen LogP contribution in [0.25, 0.3) is 0 Å². The number of hydrogen-bond donors (Lipinski definition) is 1. The van der Waals surface area contributed by atoms with Crippen LogP contribution in [0.5, 0.6) is 0 Å². The SMILES string of the molecule is CCCC(C)C(=O)N1CCN(C(=O)NCc2ccccc2)CC1. The average Bonchev–Trinajstić information content (AvgIpc) is 2.60. The predicted octanol–water partition coefficient (Wildman–Crippen LogP) is 2.48. The second-order valence-electron chi connectivity index (χ2n) is 6.15. The van der Waals surface area contributed by atoms with Gasteiger partial charge in [0, 0.05) is 38.6 Å². The number of benzene rings is 1. The van der Waals surface area contributed by atoms with Crippen LogP contribution in [-0.2, 0) is 11.3 Å². The Bertz CT molecular complexity index is 510. The van der Waals surface area contributed by atoms with E-state index in [4.69, 9.17) is 0 Å². The molecule has 0 spiro atoms. The minimum atomic E-state index is -0.0532. The van der Waals surface area contributed by atoms with Crippen molar-refractivity contribution in [3.8, 4) is 0 Å². The monoisotopic (exact) mass is 317 g/mol. The van der Waals surface area contributed by atoms with Gasteiger partial charge in [0.2, 0.25) is 5.91 Å². The van der Waals surface area contributed by atoms with E-state index in [0.29, 0.717) is 32.7 Å². The molecule has 1 N–H and O–H groups in total. The number of nitrogens with zero attached hydrogens (tertiary/aromatic N) is 2. The quantitative estimate of drug-likeness (QED) is 0.907. The lowest BCUT2D eigenvalue weighted by Crippen LogP contribution is -2.53. The normalized spacial score (nSPS) is 16.1. The Kier molecular flexibility index (Phi) is 6.44. The van der Waals surface area contributed by atoms with E-state index in [1.807, 2.05) is 42.2 Å². The summed E-state index contributed by atoms with van der Waals surface area (Å²) in [6.45, 7) is 7.09. The zero-order chi connectivity index (χ0) is 16.7. The van der Waals surface area contributed by atoms with Gasteiger partial charge in [0.05, 0.1) is 0 Å². The number of carbonyl (C=O) groups excluding carboxylic acids is 2. The minimum Gasteiger partial charge on any atom is -0.339 e. The zero-order valence-corrected chi connectivity index (χ0v) is 14.1. The van der Waals surface area contributed by atoms with E-state index in [0.717, 1.165) is 18.4 Å². The molecule has 1 aromatic rings. The van der Waals surface area contributed by atoms with Gasteiger partial charge in [-0.1, -0.05) is 50.6 Å². The average molecular weight is 317 g/mol. The smallest absolute Gasteiger partial charge is 0.317 e. The van der Waals surface area contributed by atoms with E-state index in [1.165, 1.54) is 0 Å². The maximum atomic E-state index is 12.3. The summed E-state index contributed by atoms with van der Waals surface area (Å²) in [5.74, 6) is 0.301. The molecule has 5 heteroatoms. The molecule has 0 aromatic heterocycles. The number of hydrogen-bond acceptors (Lipinski definition) is 2. The van der Waals surface area contributed by atoms with Gasteiger partial charge < -0.3 is 15.1 Å². The maximum absolute atomic E-state index is 12.3. The van der Waals surface area contributed by atoms with Crippen molar-refractivity contribution in [2.24, 2.45) is 5.92 Å². The van der Waals surface area contributed by atoms with E-state index in [9.17, 15) is 9.59 Å². The number of piperazine rings is 1. The van der Waals surface area contributed by atoms with E-state index in [2.05, 4.69) is 12.2 Å². The number of nitrogens with one attached hydrogen (secondary N) is 1. The summed E-state index contributed by atoms with van der Waals surface area (Å²) in [5, 5.41) is 2.94. The third kappa shape index (κ3) is 4.98. The Morgan fingerprint density at radius 2 is 1.70 bits per heavy atom. The summed E-state index contributed by atoms with van der Waals surface area (Å²) in [5.41, 5.74) is 1.09. The molecule has 1 aliphatic rings. The van der Waals surface area contributed by atoms with Gasteiger partial charge in [-0.15, -0.1) is 0 Å². The first kappa shape index (κ1) is 17.3. The van der Waals surface area contributed by atoms with Crippen molar-refractivity contribution in [2.45, 2.75) is 33.2 Å². The van der Waals surface area contributed by atoms with E-state index >= 15 is 0 Å². The fraction of sp³-hybridized carbons (Fsp3) is 0.556. The molecule has 1 fully saturated rings. The number of urea groups is 1. The van der Waals surface area contributed by atoms with Gasteiger partial charge in [-0.25, -0.2) is 4.79 Å². The molecule has 1 saturated heterocycles. The fourth-order valence-electron chi connectivity index (χ4n) is 2.88. The highest BCUT2D eigenvalue weighted by molar-refractivity contribution is 5.79. The van der Waals surface area contributed by atoms with Crippen LogP contribution >= 0.6 is 0 Å². The van der Waals surface area contributed by atoms with Crippen molar-refractivity contribution in [3.05, 3.63) is 35.9 Å². The van der Waals surface area contributed by atoms with Crippen molar-refractivity contribution in [1.82, 2.24) is 15.1 Å². The lowest BCUT2D eigenvalue weighted by Gasteiger charge is -2.36. The molecule has 5 nitrogen and oxygen atoms in total. The molecule has 3 amide bonds. The zero-order valence-electron chi connectivity index (χ0n) is 14.1. The summed E-state index contributed by atoms with van der Waals surface area (Å²) in [6, 6.07) is 9.81. The highest BCUT2D eigenvalue weighted by atomic mass is 16.2. The summed E-state index contributed by atoms with van der Waals surface area (Å²) >= 11 is 0. The molecule has 0 saturated carbocycles. The van der Waals surface area contributed by atoms with Gasteiger partial charge in [-0.2, -0.15) is 0 Å². The number of amides is 3. The Hall–Kier alpha value is -2.04. The van der Waals surface area contributed by atoms with Crippen LogP contribution in [0.3, 0.4) is 0 Å². The lowest BCUT2D eigenvalue weighted by atomic mass is 10.0. The Morgan fingerprint density at radius 3 is 2.30 bits per heavy atom. The topological polar surface area (TPSA) is 52.7 Å². The molecular formula is C18H27N3O2. The number of rotatable bonds is 5. The maximum Gasteiger partial charge on any atom is 0.317 e. The summed E-state index contributed by atoms with van der Waals surface area (Å²) in [4.78, 5) is 28.2. The van der Waals surface area contributed by atoms with E-state index in [1.54, 1.807) is 4.90 Å². The van der Waals surface area contributed by atoms with Crippen molar-refractivity contribution in [2.75, 3.05) is 26.2 Å². The van der Waals surface area contributed by atoms with Crippen LogP contribution in [0, 0.1) is 5.92 Å². The highest BCUT2D eigenvalue weighted by Crippen LogP contribution is 2.12. The first-order chi connectivity index (χ1) is 11.1. The van der Waals surface area contributed by atoms with Gasteiger partial charge in [0.25, 0.3) is 0 Å². The summed E-state index contributed by atoms with van der Waals surface area (Å²) in [7, 11) is 0. The highest BCUT2D eigenvalue weighted by Gasteiger charge is 2.26. The van der Waals surface area contributed by atoms with Crippen molar-refractivity contribution in [3.63, 3.8) is 0 Å². The number of carbonyl (C=O) groups is 2. The fourth-order valence-corrected chi connectivity index (χ4v) is 2.88. The van der Waals surface area contributed by atoms with E-state index in [-0.39, 0.29) is 17.9 Å². The minimum absolute atomic E-state index is 0.0532. The molecule has 1 atom stereocenters. The molecule has 1 unspecified atom stereocenters. The third-order valence-electron chi connectivity index (χ3n) is 4.31. The van der Waals surface area contributed by atoms with Crippen LogP contribution < -0.4 is 5.32 Å². The van der Waals surface area contributed by atoms with Crippen LogP contribution in [0.15, 0.2) is 30.3 Å². The molecule has 1 aliphatic heterocycles. The van der Waals surface area contributed by atoms with Crippen molar-refractivity contribution < 1.29 is 9.59 Å². The van der Waals surface area contributed by atoms with Crippen molar-refractivity contribution in [1.29, 1.82) is 0 Å². The molecule has 0 bridgehead atoms. The Balaban J connectivity index is 1.75. The molecule has 0 radical (unpaired) electrons. The first-order valence-corrected chi connectivity index (χ1v) is 8.47. The Labute approximate surface area is 138 Å². The van der Waals surface area contributed by atoms with Crippen LogP contribution in [-0.4, -0.2) is 47.9 Å². The largest absolute Gasteiger partial charge is 0.339 e. The molecule has 126 valence electrons. The lowest BCUT2D eigenvalue weighted by molar-refractivity contribution is -0.136. The summed E-state index contributed by atoms with van der Waals surface area (Å²) in [6.07, 6.45) is 1.95. The predicted molar refractivity (Wildman–Crippen MR) is 90.9 cm³/mol. The summed E-state index contributed by atoms with van der Waals surface area (Å²) < 4.78 is 0. The molecule has 0 aliphatic carbocycles. The third-order valence-corrected chi connectivity index (χ3v) is 4.31. The second-order valence-corrected chi connectivity index (χ2v) is 6.15. The molecule has 1 heterocycles. The molecule has 23 heavy (non-hydrogen) atoms. The van der Waals surface area contributed by atoms with Gasteiger partial charge >= 0.3 is 6.03 Å². The van der Waals surface area contributed by atoms with Crippen LogP contribution in [0.2, 0.25) is 0 Å². The first-order valence-electron chi connectivity index (χ1n) is 8.47. The van der Waals surface area contributed by atoms with Gasteiger partial charge in [0.15, 0.2) is 0 Å². The van der Waals surface area contributed by atoms with Crippen LogP contribution in [0.1, 0.15) is 32.3 Å². The van der Waals surface area contributed by atoms with Crippen LogP contribution in [0.4, 0.5) is 4.79 Å². The van der Waals surface area contributed by atoms with Gasteiger partial charge in [-0.3, -0.25) is 4.79 Å². The second kappa shape index (κ2) is 8.56.